The van der Waals surface area contributed by atoms with E-state index < -0.39 is 0 Å². The van der Waals surface area contributed by atoms with Gasteiger partial charge in [0.1, 0.15) is 6.07 Å². The number of nitrogens with one attached hydrogen (secondary N) is 1. The third-order valence-electron chi connectivity index (χ3n) is 3.82. The first-order valence-corrected chi connectivity index (χ1v) is 8.25. The summed E-state index contributed by atoms with van der Waals surface area (Å²) < 4.78 is 21.5. The molecule has 0 atom stereocenters. The van der Waals surface area contributed by atoms with Crippen molar-refractivity contribution in [3.8, 4) is 34.8 Å². The molecule has 3 aromatic rings. The Labute approximate surface area is 162 Å². The third kappa shape index (κ3) is 3.88. The van der Waals surface area contributed by atoms with Gasteiger partial charge in [0.25, 0.3) is 5.88 Å². The van der Waals surface area contributed by atoms with E-state index in [-0.39, 0.29) is 11.6 Å². The number of ether oxygens (including phenoxy) is 3. The number of hydrogen-bond acceptors (Lipinski definition) is 8. The number of oxazole rings is 1. The maximum Gasteiger partial charge on any atom is 0.252 e. The zero-order chi connectivity index (χ0) is 19.9. The second-order valence-corrected chi connectivity index (χ2v) is 5.50. The SMILES string of the molecule is COc1cc(/C=N/Nc2oc(-c3ccccc3)nc2C#N)cc(OC)c1OC. The van der Waals surface area contributed by atoms with Crippen molar-refractivity contribution in [3.05, 3.63) is 53.7 Å². The van der Waals surface area contributed by atoms with Gasteiger partial charge in [-0.25, -0.2) is 5.43 Å². The Bertz CT molecular complexity index is 997. The normalized spacial score (nSPS) is 10.5. The Morgan fingerprint density at radius 1 is 1.07 bits per heavy atom. The lowest BCUT2D eigenvalue weighted by atomic mass is 10.2. The van der Waals surface area contributed by atoms with Crippen molar-refractivity contribution in [2.75, 3.05) is 26.8 Å². The minimum Gasteiger partial charge on any atom is -0.493 e. The van der Waals surface area contributed by atoms with Crippen LogP contribution in [0.3, 0.4) is 0 Å². The first-order valence-electron chi connectivity index (χ1n) is 8.25. The number of benzene rings is 2. The summed E-state index contributed by atoms with van der Waals surface area (Å²) in [5.74, 6) is 2.00. The van der Waals surface area contributed by atoms with E-state index in [0.717, 1.165) is 5.56 Å². The summed E-state index contributed by atoms with van der Waals surface area (Å²) in [5, 5.41) is 13.4. The summed E-state index contributed by atoms with van der Waals surface area (Å²) >= 11 is 0. The maximum absolute atomic E-state index is 9.28. The Morgan fingerprint density at radius 2 is 1.75 bits per heavy atom. The number of nitrogens with zero attached hydrogens (tertiary/aromatic N) is 3. The minimum absolute atomic E-state index is 0.112. The quantitative estimate of drug-likeness (QED) is 0.494. The van der Waals surface area contributed by atoms with Crippen LogP contribution < -0.4 is 19.6 Å². The lowest BCUT2D eigenvalue weighted by Crippen LogP contribution is -1.97. The molecule has 0 unspecified atom stereocenters. The van der Waals surface area contributed by atoms with E-state index in [9.17, 15) is 5.26 Å². The van der Waals surface area contributed by atoms with Gasteiger partial charge >= 0.3 is 0 Å². The van der Waals surface area contributed by atoms with Crippen LogP contribution in [0.15, 0.2) is 52.0 Å². The fraction of sp³-hybridized carbons (Fsp3) is 0.150. The molecule has 0 fully saturated rings. The predicted octanol–water partition coefficient (Wildman–Crippen LogP) is 3.69. The number of aromatic nitrogens is 1. The molecule has 0 amide bonds. The van der Waals surface area contributed by atoms with E-state index in [4.69, 9.17) is 18.6 Å². The summed E-state index contributed by atoms with van der Waals surface area (Å²) in [4.78, 5) is 4.18. The molecule has 1 aromatic heterocycles. The number of hydrazone groups is 1. The fourth-order valence-corrected chi connectivity index (χ4v) is 2.52. The average Bonchev–Trinajstić information content (AvgIpc) is 3.16. The molecule has 142 valence electrons. The van der Waals surface area contributed by atoms with E-state index in [1.807, 2.05) is 36.4 Å². The van der Waals surface area contributed by atoms with E-state index in [0.29, 0.717) is 28.7 Å². The predicted molar refractivity (Wildman–Crippen MR) is 104 cm³/mol. The van der Waals surface area contributed by atoms with Crippen molar-refractivity contribution in [3.63, 3.8) is 0 Å². The molecule has 0 saturated carbocycles. The summed E-state index contributed by atoms with van der Waals surface area (Å²) in [6, 6.07) is 14.8. The second kappa shape index (κ2) is 8.60. The first-order chi connectivity index (χ1) is 13.7. The van der Waals surface area contributed by atoms with E-state index in [1.165, 1.54) is 27.5 Å². The van der Waals surface area contributed by atoms with Crippen LogP contribution in [0.4, 0.5) is 5.88 Å². The molecule has 0 bridgehead atoms. The number of hydrogen-bond donors (Lipinski definition) is 1. The highest BCUT2D eigenvalue weighted by Crippen LogP contribution is 2.37. The van der Waals surface area contributed by atoms with Gasteiger partial charge < -0.3 is 18.6 Å². The molecule has 8 nitrogen and oxygen atoms in total. The van der Waals surface area contributed by atoms with Crippen molar-refractivity contribution in [2.45, 2.75) is 0 Å². The smallest absolute Gasteiger partial charge is 0.252 e. The standard InChI is InChI=1S/C20H18N4O4/c1-25-16-9-13(10-17(26-2)18(16)27-3)12-22-24-20-15(11-21)23-19(28-20)14-7-5-4-6-8-14/h4-10,12,24H,1-3H3/b22-12+. The van der Waals surface area contributed by atoms with Gasteiger partial charge in [0.15, 0.2) is 11.5 Å². The molecule has 8 heteroatoms. The van der Waals surface area contributed by atoms with Crippen LogP contribution in [0.2, 0.25) is 0 Å². The number of anilines is 1. The van der Waals surface area contributed by atoms with Gasteiger partial charge in [-0.05, 0) is 24.3 Å². The highest BCUT2D eigenvalue weighted by Gasteiger charge is 2.14. The molecule has 0 saturated heterocycles. The zero-order valence-corrected chi connectivity index (χ0v) is 15.6. The van der Waals surface area contributed by atoms with Gasteiger partial charge in [-0.15, -0.1) is 0 Å². The second-order valence-electron chi connectivity index (χ2n) is 5.50. The zero-order valence-electron chi connectivity index (χ0n) is 15.6. The number of nitriles is 1. The van der Waals surface area contributed by atoms with Crippen LogP contribution in [0.5, 0.6) is 17.2 Å². The molecule has 0 aliphatic carbocycles. The van der Waals surface area contributed by atoms with Crippen LogP contribution in [0, 0.1) is 11.3 Å². The third-order valence-corrected chi connectivity index (χ3v) is 3.82. The average molecular weight is 378 g/mol. The molecule has 0 spiro atoms. The molecule has 2 aromatic carbocycles. The van der Waals surface area contributed by atoms with E-state index in [1.54, 1.807) is 12.1 Å². The highest BCUT2D eigenvalue weighted by molar-refractivity contribution is 5.83. The lowest BCUT2D eigenvalue weighted by Gasteiger charge is -2.12. The van der Waals surface area contributed by atoms with Gasteiger partial charge in [0.05, 0.1) is 27.5 Å². The van der Waals surface area contributed by atoms with Gasteiger partial charge in [-0.2, -0.15) is 15.3 Å². The summed E-state index contributed by atoms with van der Waals surface area (Å²) in [6.45, 7) is 0. The molecule has 0 aliphatic heterocycles. The molecule has 1 heterocycles. The van der Waals surface area contributed by atoms with Gasteiger partial charge in [0, 0.05) is 11.1 Å². The Hall–Kier alpha value is -3.99. The monoisotopic (exact) mass is 378 g/mol. The van der Waals surface area contributed by atoms with Crippen LogP contribution in [0.25, 0.3) is 11.5 Å². The molecule has 28 heavy (non-hydrogen) atoms. The lowest BCUT2D eigenvalue weighted by molar-refractivity contribution is 0.324. The van der Waals surface area contributed by atoms with Crippen molar-refractivity contribution in [1.29, 1.82) is 5.26 Å². The highest BCUT2D eigenvalue weighted by atomic mass is 16.5. The number of methoxy groups -OCH3 is 3. The minimum atomic E-state index is 0.112. The summed E-state index contributed by atoms with van der Waals surface area (Å²) in [6.07, 6.45) is 1.54. The van der Waals surface area contributed by atoms with E-state index in [2.05, 4.69) is 15.5 Å². The van der Waals surface area contributed by atoms with Gasteiger partial charge in [-0.1, -0.05) is 18.2 Å². The number of rotatable bonds is 7. The Kier molecular flexibility index (Phi) is 5.77. The summed E-state index contributed by atoms with van der Waals surface area (Å²) in [7, 11) is 4.61. The van der Waals surface area contributed by atoms with Crippen molar-refractivity contribution in [2.24, 2.45) is 5.10 Å². The first kappa shape index (κ1) is 18.8. The molecule has 1 N–H and O–H groups in total. The van der Waals surface area contributed by atoms with Crippen LogP contribution in [-0.2, 0) is 0 Å². The van der Waals surface area contributed by atoms with Crippen LogP contribution in [-0.4, -0.2) is 32.5 Å². The molecular formula is C20H18N4O4. The largest absolute Gasteiger partial charge is 0.493 e. The topological polar surface area (TPSA) is 102 Å². The van der Waals surface area contributed by atoms with Crippen LogP contribution >= 0.6 is 0 Å². The van der Waals surface area contributed by atoms with E-state index >= 15 is 0 Å². The Morgan fingerprint density at radius 3 is 2.32 bits per heavy atom. The molecule has 0 radical (unpaired) electrons. The maximum atomic E-state index is 9.28. The van der Waals surface area contributed by atoms with Crippen molar-refractivity contribution in [1.82, 2.24) is 4.98 Å². The van der Waals surface area contributed by atoms with Gasteiger partial charge in [0.2, 0.25) is 17.3 Å². The van der Waals surface area contributed by atoms with Crippen molar-refractivity contribution < 1.29 is 18.6 Å². The molecular weight excluding hydrogens is 360 g/mol. The summed E-state index contributed by atoms with van der Waals surface area (Å²) in [5.41, 5.74) is 4.29. The van der Waals surface area contributed by atoms with Crippen LogP contribution in [0.1, 0.15) is 11.3 Å². The molecule has 0 aliphatic rings. The van der Waals surface area contributed by atoms with Crippen molar-refractivity contribution >= 4 is 12.1 Å². The Balaban J connectivity index is 1.83. The van der Waals surface area contributed by atoms with Gasteiger partial charge in [-0.3, -0.25) is 0 Å². The molecule has 3 rings (SSSR count). The fourth-order valence-electron chi connectivity index (χ4n) is 2.52.